The number of hydrogen-bond donors (Lipinski definition) is 1. The fourth-order valence-electron chi connectivity index (χ4n) is 1.93. The quantitative estimate of drug-likeness (QED) is 0.781. The summed E-state index contributed by atoms with van der Waals surface area (Å²) in [6, 6.07) is 7.62. The standard InChI is InChI=1S/C14H10F3N3OS/c15-14(16,17)21-10-3-1-9(2-4-10)7-18-12-11-5-6-22-13(11)20-8-19-12/h1-6,8H,7H2,(H,18,19,20). The van der Waals surface area contributed by atoms with E-state index in [0.717, 1.165) is 15.8 Å². The van der Waals surface area contributed by atoms with Crippen LogP contribution in [0, 0.1) is 0 Å². The Labute approximate surface area is 127 Å². The molecule has 114 valence electrons. The zero-order chi connectivity index (χ0) is 15.6. The number of halogens is 3. The molecule has 0 fully saturated rings. The average Bonchev–Trinajstić information content (AvgIpc) is 2.94. The summed E-state index contributed by atoms with van der Waals surface area (Å²) in [6.07, 6.45) is -3.20. The maximum atomic E-state index is 12.1. The van der Waals surface area contributed by atoms with Crippen molar-refractivity contribution in [1.82, 2.24) is 9.97 Å². The minimum atomic E-state index is -4.68. The maximum Gasteiger partial charge on any atom is 0.573 e. The van der Waals surface area contributed by atoms with Crippen LogP contribution < -0.4 is 10.1 Å². The highest BCUT2D eigenvalue weighted by atomic mass is 32.1. The lowest BCUT2D eigenvalue weighted by Gasteiger charge is -2.10. The molecular weight excluding hydrogens is 315 g/mol. The van der Waals surface area contributed by atoms with Crippen molar-refractivity contribution in [3.05, 3.63) is 47.6 Å². The number of alkyl halides is 3. The molecule has 4 nitrogen and oxygen atoms in total. The molecule has 3 aromatic rings. The molecule has 1 N–H and O–H groups in total. The second kappa shape index (κ2) is 5.80. The van der Waals surface area contributed by atoms with Crippen molar-refractivity contribution in [3.8, 4) is 5.75 Å². The number of rotatable bonds is 4. The first-order chi connectivity index (χ1) is 10.5. The van der Waals surface area contributed by atoms with Crippen molar-refractivity contribution < 1.29 is 17.9 Å². The number of anilines is 1. The molecule has 0 bridgehead atoms. The third kappa shape index (κ3) is 3.45. The average molecular weight is 325 g/mol. The van der Waals surface area contributed by atoms with Crippen LogP contribution in [0.4, 0.5) is 19.0 Å². The van der Waals surface area contributed by atoms with Gasteiger partial charge in [0.05, 0.1) is 5.39 Å². The van der Waals surface area contributed by atoms with Crippen molar-refractivity contribution in [2.45, 2.75) is 12.9 Å². The summed E-state index contributed by atoms with van der Waals surface area (Å²) < 4.78 is 40.1. The van der Waals surface area contributed by atoms with Gasteiger partial charge in [-0.3, -0.25) is 0 Å². The molecule has 0 spiro atoms. The largest absolute Gasteiger partial charge is 0.573 e. The predicted molar refractivity (Wildman–Crippen MR) is 77.9 cm³/mol. The summed E-state index contributed by atoms with van der Waals surface area (Å²) in [7, 11) is 0. The first kappa shape index (κ1) is 14.6. The number of fused-ring (bicyclic) bond motifs is 1. The number of hydrogen-bond acceptors (Lipinski definition) is 5. The molecule has 1 aromatic carbocycles. The van der Waals surface area contributed by atoms with E-state index >= 15 is 0 Å². The third-order valence-corrected chi connectivity index (χ3v) is 3.70. The van der Waals surface area contributed by atoms with Gasteiger partial charge >= 0.3 is 6.36 Å². The number of aromatic nitrogens is 2. The van der Waals surface area contributed by atoms with E-state index in [2.05, 4.69) is 20.0 Å². The SMILES string of the molecule is FC(F)(F)Oc1ccc(CNc2ncnc3sccc23)cc1. The molecule has 0 aliphatic rings. The summed E-state index contributed by atoms with van der Waals surface area (Å²) in [4.78, 5) is 9.20. The molecule has 3 rings (SSSR count). The van der Waals surface area contributed by atoms with Crippen LogP contribution in [-0.4, -0.2) is 16.3 Å². The van der Waals surface area contributed by atoms with Gasteiger partial charge in [-0.1, -0.05) is 12.1 Å². The van der Waals surface area contributed by atoms with Crippen molar-refractivity contribution in [3.63, 3.8) is 0 Å². The van der Waals surface area contributed by atoms with Gasteiger partial charge < -0.3 is 10.1 Å². The van der Waals surface area contributed by atoms with Gasteiger partial charge in [-0.15, -0.1) is 24.5 Å². The first-order valence-corrected chi connectivity index (χ1v) is 7.16. The molecule has 0 saturated heterocycles. The molecule has 0 aliphatic heterocycles. The highest BCUT2D eigenvalue weighted by Crippen LogP contribution is 2.25. The number of nitrogens with zero attached hydrogens (tertiary/aromatic N) is 2. The zero-order valence-corrected chi connectivity index (χ0v) is 11.9. The van der Waals surface area contributed by atoms with E-state index in [1.807, 2.05) is 11.4 Å². The van der Waals surface area contributed by atoms with Crippen LogP contribution in [0.3, 0.4) is 0 Å². The summed E-state index contributed by atoms with van der Waals surface area (Å²) >= 11 is 1.52. The molecule has 0 unspecified atom stereocenters. The topological polar surface area (TPSA) is 47.0 Å². The Balaban J connectivity index is 1.68. The van der Waals surface area contributed by atoms with Crippen LogP contribution in [0.15, 0.2) is 42.0 Å². The van der Waals surface area contributed by atoms with Gasteiger partial charge in [-0.2, -0.15) is 0 Å². The Morgan fingerprint density at radius 3 is 2.59 bits per heavy atom. The lowest BCUT2D eigenvalue weighted by molar-refractivity contribution is -0.274. The zero-order valence-electron chi connectivity index (χ0n) is 11.1. The van der Waals surface area contributed by atoms with Gasteiger partial charge in [0.15, 0.2) is 0 Å². The van der Waals surface area contributed by atoms with Gasteiger partial charge in [0.1, 0.15) is 22.7 Å². The van der Waals surface area contributed by atoms with E-state index < -0.39 is 6.36 Å². The molecule has 0 radical (unpaired) electrons. The minimum Gasteiger partial charge on any atom is -0.406 e. The number of thiophene rings is 1. The van der Waals surface area contributed by atoms with Gasteiger partial charge in [-0.05, 0) is 29.1 Å². The number of nitrogens with one attached hydrogen (secondary N) is 1. The molecule has 2 aromatic heterocycles. The fraction of sp³-hybridized carbons (Fsp3) is 0.143. The van der Waals surface area contributed by atoms with Crippen LogP contribution in [0.25, 0.3) is 10.2 Å². The molecule has 0 aliphatic carbocycles. The van der Waals surface area contributed by atoms with E-state index in [-0.39, 0.29) is 5.75 Å². The maximum absolute atomic E-state index is 12.1. The van der Waals surface area contributed by atoms with Crippen molar-refractivity contribution in [2.75, 3.05) is 5.32 Å². The molecule has 0 amide bonds. The second-order valence-electron chi connectivity index (χ2n) is 4.41. The van der Waals surface area contributed by atoms with E-state index in [9.17, 15) is 13.2 Å². The van der Waals surface area contributed by atoms with Crippen LogP contribution >= 0.6 is 11.3 Å². The lowest BCUT2D eigenvalue weighted by Crippen LogP contribution is -2.17. The molecule has 22 heavy (non-hydrogen) atoms. The Morgan fingerprint density at radius 1 is 1.09 bits per heavy atom. The van der Waals surface area contributed by atoms with E-state index in [1.165, 1.54) is 29.8 Å². The minimum absolute atomic E-state index is 0.237. The van der Waals surface area contributed by atoms with Gasteiger partial charge in [0.2, 0.25) is 0 Å². The molecule has 8 heteroatoms. The van der Waals surface area contributed by atoms with Crippen molar-refractivity contribution in [2.24, 2.45) is 0 Å². The Bertz CT molecular complexity index is 771. The highest BCUT2D eigenvalue weighted by molar-refractivity contribution is 7.16. The first-order valence-electron chi connectivity index (χ1n) is 6.28. The van der Waals surface area contributed by atoms with Crippen LogP contribution in [0.1, 0.15) is 5.56 Å². The summed E-state index contributed by atoms with van der Waals surface area (Å²) in [6.45, 7) is 0.439. The Kier molecular flexibility index (Phi) is 3.84. The van der Waals surface area contributed by atoms with Crippen LogP contribution in [0.5, 0.6) is 5.75 Å². The second-order valence-corrected chi connectivity index (χ2v) is 5.30. The van der Waals surface area contributed by atoms with Crippen molar-refractivity contribution in [1.29, 1.82) is 0 Å². The molecule has 0 atom stereocenters. The lowest BCUT2D eigenvalue weighted by atomic mass is 10.2. The fourth-order valence-corrected chi connectivity index (χ4v) is 2.66. The van der Waals surface area contributed by atoms with Crippen LogP contribution in [0.2, 0.25) is 0 Å². The molecule has 0 saturated carbocycles. The molecule has 2 heterocycles. The smallest absolute Gasteiger partial charge is 0.406 e. The summed E-state index contributed by atoms with van der Waals surface area (Å²) in [5.74, 6) is 0.459. The third-order valence-electron chi connectivity index (χ3n) is 2.88. The van der Waals surface area contributed by atoms with Crippen molar-refractivity contribution >= 4 is 27.4 Å². The molecular formula is C14H10F3N3OS. The predicted octanol–water partition coefficient (Wildman–Crippen LogP) is 4.20. The summed E-state index contributed by atoms with van der Waals surface area (Å²) in [5.41, 5.74) is 0.816. The van der Waals surface area contributed by atoms with E-state index in [0.29, 0.717) is 12.4 Å². The normalized spacial score (nSPS) is 11.6. The summed E-state index contributed by atoms with van der Waals surface area (Å²) in [5, 5.41) is 6.00. The van der Waals surface area contributed by atoms with E-state index in [1.54, 1.807) is 12.1 Å². The monoisotopic (exact) mass is 325 g/mol. The number of ether oxygens (including phenoxy) is 1. The number of benzene rings is 1. The Hall–Kier alpha value is -2.35. The van der Waals surface area contributed by atoms with Crippen LogP contribution in [-0.2, 0) is 6.54 Å². The highest BCUT2D eigenvalue weighted by Gasteiger charge is 2.30. The van der Waals surface area contributed by atoms with E-state index in [4.69, 9.17) is 0 Å². The van der Waals surface area contributed by atoms with Gasteiger partial charge in [0.25, 0.3) is 0 Å². The van der Waals surface area contributed by atoms with Gasteiger partial charge in [-0.25, -0.2) is 9.97 Å². The van der Waals surface area contributed by atoms with Gasteiger partial charge in [0, 0.05) is 6.54 Å². The Morgan fingerprint density at radius 2 is 1.86 bits per heavy atom.